The number of aromatic hydroxyl groups is 1. The van der Waals surface area contributed by atoms with Gasteiger partial charge in [0.2, 0.25) is 0 Å². The molecule has 7 nitrogen and oxygen atoms in total. The van der Waals surface area contributed by atoms with E-state index >= 15 is 0 Å². The Morgan fingerprint density at radius 2 is 1.75 bits per heavy atom. The van der Waals surface area contributed by atoms with Gasteiger partial charge in [-0.25, -0.2) is 9.07 Å². The number of phenolic OH excluding ortho intramolecular Hbond substituents is 1. The molecule has 2 rings (SSSR count). The van der Waals surface area contributed by atoms with Gasteiger partial charge in [-0.3, -0.25) is 0 Å². The Bertz CT molecular complexity index is 550. The molecule has 0 spiro atoms. The molecule has 0 saturated carbocycles. The van der Waals surface area contributed by atoms with Gasteiger partial charge < -0.3 is 11.3 Å². The summed E-state index contributed by atoms with van der Waals surface area (Å²) in [6.45, 7) is 4.57. The summed E-state index contributed by atoms with van der Waals surface area (Å²) in [6, 6.07) is 5.91. The van der Waals surface area contributed by atoms with Crippen LogP contribution < -0.4 is 6.15 Å². The van der Waals surface area contributed by atoms with E-state index in [1.807, 2.05) is 6.07 Å². The molecule has 4 N–H and O–H groups in total. The first kappa shape index (κ1) is 22.8. The molecule has 8 heteroatoms. The van der Waals surface area contributed by atoms with Crippen LogP contribution in [-0.4, -0.2) is 26.7 Å². The first-order chi connectivity index (χ1) is 11.0. The molecule has 1 saturated heterocycles. The number of rotatable bonds is 6. The van der Waals surface area contributed by atoms with Gasteiger partial charge in [0, 0.05) is 0 Å². The first-order valence-corrected chi connectivity index (χ1v) is 9.33. The maximum atomic E-state index is 10.1. The lowest BCUT2D eigenvalue weighted by Gasteiger charge is -2.10. The molecule has 140 valence electrons. The van der Waals surface area contributed by atoms with Crippen molar-refractivity contribution < 1.29 is 26.9 Å². The van der Waals surface area contributed by atoms with Crippen LogP contribution in [0, 0.1) is 0 Å². The zero-order valence-electron chi connectivity index (χ0n) is 14.5. The zero-order chi connectivity index (χ0) is 17.1. The summed E-state index contributed by atoms with van der Waals surface area (Å²) < 4.78 is 28.0. The predicted octanol–water partition coefficient (Wildman–Crippen LogP) is 3.45. The number of unbranched alkanes of at least 4 members (excludes halogenated alkanes) is 2. The highest BCUT2D eigenvalue weighted by molar-refractivity contribution is 7.81. The van der Waals surface area contributed by atoms with Crippen LogP contribution in [0.1, 0.15) is 50.7 Å². The molecule has 0 aliphatic carbocycles. The lowest BCUT2D eigenvalue weighted by Crippen LogP contribution is -2.20. The number of benzene rings is 1. The van der Waals surface area contributed by atoms with Gasteiger partial charge in [0.05, 0.1) is 6.61 Å². The van der Waals surface area contributed by atoms with Crippen molar-refractivity contribution in [2.75, 3.05) is 13.2 Å². The molecular weight excluding hydrogens is 334 g/mol. The number of hydrogen-bond donors (Lipinski definition) is 2. The van der Waals surface area contributed by atoms with Gasteiger partial charge in [-0.05, 0) is 42.9 Å². The molecule has 0 radical (unpaired) electrons. The second-order valence-electron chi connectivity index (χ2n) is 5.24. The Morgan fingerprint density at radius 1 is 1.08 bits per heavy atom. The molecule has 1 aromatic rings. The van der Waals surface area contributed by atoms with Crippen molar-refractivity contribution in [2.24, 2.45) is 0 Å². The SMILES string of the molecule is CCCCc1cccc(O)c1CCCC.N.O=S1(=O)OCCOO1. The Morgan fingerprint density at radius 3 is 2.25 bits per heavy atom. The minimum atomic E-state index is -3.80. The van der Waals surface area contributed by atoms with E-state index < -0.39 is 10.4 Å². The van der Waals surface area contributed by atoms with E-state index in [2.05, 4.69) is 33.3 Å². The van der Waals surface area contributed by atoms with Gasteiger partial charge in [-0.2, -0.15) is 8.42 Å². The Kier molecular flexibility index (Phi) is 11.6. The smallest absolute Gasteiger partial charge is 0.426 e. The minimum Gasteiger partial charge on any atom is -0.508 e. The third-order valence-electron chi connectivity index (χ3n) is 3.35. The van der Waals surface area contributed by atoms with Crippen molar-refractivity contribution >= 4 is 10.4 Å². The van der Waals surface area contributed by atoms with Gasteiger partial charge in [0.1, 0.15) is 12.4 Å². The van der Waals surface area contributed by atoms with E-state index in [0.717, 1.165) is 19.3 Å². The second kappa shape index (κ2) is 12.2. The average Bonchev–Trinajstić information content (AvgIpc) is 2.52. The summed E-state index contributed by atoms with van der Waals surface area (Å²) in [4.78, 5) is 4.07. The van der Waals surface area contributed by atoms with Crippen molar-refractivity contribution in [3.63, 3.8) is 0 Å². The monoisotopic (exact) mass is 363 g/mol. The molecule has 0 unspecified atom stereocenters. The third-order valence-corrected chi connectivity index (χ3v) is 4.07. The van der Waals surface area contributed by atoms with E-state index in [9.17, 15) is 13.5 Å². The van der Waals surface area contributed by atoms with E-state index in [4.69, 9.17) is 0 Å². The Labute approximate surface area is 144 Å². The largest absolute Gasteiger partial charge is 0.508 e. The van der Waals surface area contributed by atoms with Gasteiger partial charge in [0.15, 0.2) is 0 Å². The van der Waals surface area contributed by atoms with Crippen LogP contribution in [0.2, 0.25) is 0 Å². The molecule has 1 heterocycles. The summed E-state index contributed by atoms with van der Waals surface area (Å²) in [5.74, 6) is 0.483. The molecule has 0 atom stereocenters. The molecule has 0 aromatic heterocycles. The van der Waals surface area contributed by atoms with Gasteiger partial charge in [-0.1, -0.05) is 43.2 Å². The van der Waals surface area contributed by atoms with Gasteiger partial charge in [-0.15, -0.1) is 0 Å². The van der Waals surface area contributed by atoms with Gasteiger partial charge >= 0.3 is 10.4 Å². The highest BCUT2D eigenvalue weighted by Gasteiger charge is 2.17. The average molecular weight is 363 g/mol. The molecule has 1 aromatic carbocycles. The summed E-state index contributed by atoms with van der Waals surface area (Å²) in [5.41, 5.74) is 2.51. The zero-order valence-corrected chi connectivity index (χ0v) is 15.3. The fourth-order valence-corrected chi connectivity index (χ4v) is 2.64. The molecule has 1 aliphatic rings. The summed E-state index contributed by atoms with van der Waals surface area (Å²) in [6.07, 6.45) is 6.88. The molecular formula is C16H29NO6S. The topological polar surface area (TPSA) is 117 Å². The quantitative estimate of drug-likeness (QED) is 0.743. The van der Waals surface area contributed by atoms with Crippen LogP contribution in [-0.2, 0) is 36.6 Å². The molecule has 1 fully saturated rings. The van der Waals surface area contributed by atoms with Crippen LogP contribution in [0.4, 0.5) is 0 Å². The van der Waals surface area contributed by atoms with Gasteiger partial charge in [0.25, 0.3) is 0 Å². The maximum absolute atomic E-state index is 10.1. The van der Waals surface area contributed by atoms with Crippen LogP contribution in [0.3, 0.4) is 0 Å². The van der Waals surface area contributed by atoms with E-state index in [1.165, 1.54) is 30.4 Å². The summed E-state index contributed by atoms with van der Waals surface area (Å²) in [7, 11) is -3.80. The molecule has 0 amide bonds. The highest BCUT2D eigenvalue weighted by atomic mass is 32.3. The second-order valence-corrected chi connectivity index (χ2v) is 6.43. The van der Waals surface area contributed by atoms with E-state index in [1.54, 1.807) is 6.07 Å². The van der Waals surface area contributed by atoms with E-state index in [0.29, 0.717) is 5.75 Å². The Balaban J connectivity index is 0.000000498. The molecule has 24 heavy (non-hydrogen) atoms. The maximum Gasteiger partial charge on any atom is 0.426 e. The van der Waals surface area contributed by atoms with Crippen LogP contribution in [0.5, 0.6) is 5.75 Å². The lowest BCUT2D eigenvalue weighted by molar-refractivity contribution is -0.233. The van der Waals surface area contributed by atoms with Crippen LogP contribution in [0.25, 0.3) is 0 Å². The standard InChI is InChI=1S/C14H22O.C2H4O5S.H3N/c1-3-5-8-12-9-7-11-14(15)13(12)10-6-4-2;3-8(4)6-2-1-5-7-8;/h7,9,11,15H,3-6,8,10H2,1-2H3;1-2H2;1H3. The first-order valence-electron chi connectivity index (χ1n) is 8.00. The lowest BCUT2D eigenvalue weighted by atomic mass is 9.97. The fraction of sp³-hybridized carbons (Fsp3) is 0.625. The number of hydrogen-bond acceptors (Lipinski definition) is 7. The minimum absolute atomic E-state index is 0. The Hall–Kier alpha value is -1.19. The molecule has 1 aliphatic heterocycles. The summed E-state index contributed by atoms with van der Waals surface area (Å²) in [5, 5.41) is 9.82. The summed E-state index contributed by atoms with van der Waals surface area (Å²) >= 11 is 0. The molecule has 0 bridgehead atoms. The van der Waals surface area contributed by atoms with Crippen molar-refractivity contribution in [1.82, 2.24) is 6.15 Å². The van der Waals surface area contributed by atoms with Crippen LogP contribution in [0.15, 0.2) is 18.2 Å². The van der Waals surface area contributed by atoms with Crippen molar-refractivity contribution in [3.8, 4) is 5.75 Å². The fourth-order valence-electron chi connectivity index (χ4n) is 2.15. The van der Waals surface area contributed by atoms with Crippen molar-refractivity contribution in [3.05, 3.63) is 29.3 Å². The third kappa shape index (κ3) is 8.60. The van der Waals surface area contributed by atoms with E-state index in [-0.39, 0.29) is 19.4 Å². The normalized spacial score (nSPS) is 15.8. The van der Waals surface area contributed by atoms with Crippen molar-refractivity contribution in [2.45, 2.75) is 52.4 Å². The van der Waals surface area contributed by atoms with Crippen LogP contribution >= 0.6 is 0 Å². The highest BCUT2D eigenvalue weighted by Crippen LogP contribution is 2.24. The predicted molar refractivity (Wildman–Crippen MR) is 92.3 cm³/mol. The van der Waals surface area contributed by atoms with Crippen molar-refractivity contribution in [1.29, 1.82) is 0 Å². The number of phenols is 1. The number of aryl methyl sites for hydroxylation is 1.